The monoisotopic (exact) mass is 230 g/mol. The predicted molar refractivity (Wildman–Crippen MR) is 62.4 cm³/mol. The minimum absolute atomic E-state index is 0.300. The fourth-order valence-corrected chi connectivity index (χ4v) is 1.24. The molecule has 0 atom stereocenters. The van der Waals surface area contributed by atoms with E-state index >= 15 is 0 Å². The molecule has 0 aliphatic rings. The van der Waals surface area contributed by atoms with Crippen molar-refractivity contribution in [2.75, 3.05) is 0 Å². The van der Waals surface area contributed by atoms with Gasteiger partial charge >= 0.3 is 0 Å². The molecule has 0 N–H and O–H groups in total. The van der Waals surface area contributed by atoms with Crippen molar-refractivity contribution in [2.24, 2.45) is 0 Å². The molecule has 0 radical (unpaired) electrons. The summed E-state index contributed by atoms with van der Waals surface area (Å²) < 4.78 is 23.4. The molecule has 2 aromatic rings. The van der Waals surface area contributed by atoms with E-state index < -0.39 is 0 Å². The number of ether oxygens (including phenoxy) is 1. The maximum absolute atomic E-state index is 12.7. The lowest BCUT2D eigenvalue weighted by molar-refractivity contribution is 0.343. The molecule has 2 nitrogen and oxygen atoms in total. The van der Waals surface area contributed by atoms with E-state index in [0.717, 1.165) is 6.42 Å². The average molecular weight is 230 g/mol. The molecule has 17 heavy (non-hydrogen) atoms. The summed E-state index contributed by atoms with van der Waals surface area (Å²) in [7, 11) is 0. The first-order valence-corrected chi connectivity index (χ1v) is 5.30. The van der Waals surface area contributed by atoms with Crippen LogP contribution in [0, 0.1) is 17.7 Å². The first-order valence-electron chi connectivity index (χ1n) is 5.30. The fourth-order valence-electron chi connectivity index (χ4n) is 1.24. The lowest BCUT2D eigenvalue weighted by atomic mass is 10.3. The van der Waals surface area contributed by atoms with Gasteiger partial charge < -0.3 is 9.15 Å². The smallest absolute Gasteiger partial charge is 0.291 e. The molecular formula is C14H11FO2. The lowest BCUT2D eigenvalue weighted by Crippen LogP contribution is -1.81. The van der Waals surface area contributed by atoms with Gasteiger partial charge in [0.1, 0.15) is 11.6 Å². The second-order valence-electron chi connectivity index (χ2n) is 3.33. The number of halogens is 1. The summed E-state index contributed by atoms with van der Waals surface area (Å²) in [5, 5.41) is 0. The molecule has 2 rings (SSSR count). The van der Waals surface area contributed by atoms with Crippen LogP contribution in [-0.2, 0) is 0 Å². The second-order valence-corrected chi connectivity index (χ2v) is 3.33. The molecule has 0 saturated heterocycles. The minimum Gasteiger partial charge on any atom is -0.426 e. The van der Waals surface area contributed by atoms with Crippen LogP contribution >= 0.6 is 0 Å². The highest BCUT2D eigenvalue weighted by molar-refractivity contribution is 5.31. The third kappa shape index (κ3) is 3.12. The van der Waals surface area contributed by atoms with Gasteiger partial charge in [-0.2, -0.15) is 0 Å². The summed E-state index contributed by atoms with van der Waals surface area (Å²) in [6.45, 7) is 1.96. The molecule has 0 saturated carbocycles. The van der Waals surface area contributed by atoms with Crippen molar-refractivity contribution in [1.29, 1.82) is 0 Å². The number of hydrogen-bond donors (Lipinski definition) is 0. The molecule has 3 heteroatoms. The Labute approximate surface area is 99.0 Å². The topological polar surface area (TPSA) is 22.4 Å². The lowest BCUT2D eigenvalue weighted by Gasteiger charge is -2.00. The van der Waals surface area contributed by atoms with E-state index in [9.17, 15) is 4.39 Å². The van der Waals surface area contributed by atoms with Crippen LogP contribution in [0.2, 0.25) is 0 Å². The van der Waals surface area contributed by atoms with Gasteiger partial charge in [0.2, 0.25) is 0 Å². The van der Waals surface area contributed by atoms with E-state index in [1.165, 1.54) is 24.3 Å². The van der Waals surface area contributed by atoms with E-state index in [1.54, 1.807) is 12.1 Å². The Balaban J connectivity index is 2.08. The van der Waals surface area contributed by atoms with Gasteiger partial charge in [-0.25, -0.2) is 4.39 Å². The highest BCUT2D eigenvalue weighted by Crippen LogP contribution is 2.23. The third-order valence-electron chi connectivity index (χ3n) is 2.00. The van der Waals surface area contributed by atoms with Crippen LogP contribution < -0.4 is 4.74 Å². The van der Waals surface area contributed by atoms with Crippen LogP contribution in [-0.4, -0.2) is 0 Å². The summed E-state index contributed by atoms with van der Waals surface area (Å²) in [6.07, 6.45) is 0.773. The van der Waals surface area contributed by atoms with E-state index in [1.807, 2.05) is 6.92 Å². The zero-order chi connectivity index (χ0) is 12.1. The summed E-state index contributed by atoms with van der Waals surface area (Å²) in [4.78, 5) is 0. The normalized spacial score (nSPS) is 9.53. The number of furan rings is 1. The van der Waals surface area contributed by atoms with E-state index in [0.29, 0.717) is 17.5 Å². The maximum Gasteiger partial charge on any atom is 0.291 e. The Kier molecular flexibility index (Phi) is 3.46. The number of hydrogen-bond acceptors (Lipinski definition) is 2. The maximum atomic E-state index is 12.7. The Hall–Kier alpha value is -2.21. The van der Waals surface area contributed by atoms with Crippen LogP contribution in [0.1, 0.15) is 19.1 Å². The summed E-state index contributed by atoms with van der Waals surface area (Å²) in [5.74, 6) is 6.88. The van der Waals surface area contributed by atoms with Crippen molar-refractivity contribution in [1.82, 2.24) is 0 Å². The van der Waals surface area contributed by atoms with Gasteiger partial charge in [0, 0.05) is 12.5 Å². The molecule has 0 unspecified atom stereocenters. The van der Waals surface area contributed by atoms with Gasteiger partial charge in [0.05, 0.1) is 0 Å². The van der Waals surface area contributed by atoms with E-state index in [-0.39, 0.29) is 5.82 Å². The molecule has 1 aromatic carbocycles. The highest BCUT2D eigenvalue weighted by atomic mass is 19.1. The van der Waals surface area contributed by atoms with Crippen molar-refractivity contribution in [2.45, 2.75) is 13.3 Å². The van der Waals surface area contributed by atoms with Crippen LogP contribution in [0.3, 0.4) is 0 Å². The Morgan fingerprint density at radius 2 is 1.94 bits per heavy atom. The standard InChI is InChI=1S/C14H11FO2/c1-2-3-4-12-9-10-14(16-12)17-13-7-5-11(15)6-8-13/h5-10H,2H2,1H3. The van der Waals surface area contributed by atoms with Gasteiger partial charge in [-0.3, -0.25) is 0 Å². The van der Waals surface area contributed by atoms with Gasteiger partial charge in [-0.05, 0) is 36.3 Å². The first-order chi connectivity index (χ1) is 8.28. The van der Waals surface area contributed by atoms with Crippen molar-refractivity contribution in [3.63, 3.8) is 0 Å². The van der Waals surface area contributed by atoms with Crippen molar-refractivity contribution in [3.05, 3.63) is 48.0 Å². The zero-order valence-corrected chi connectivity index (χ0v) is 9.37. The summed E-state index contributed by atoms with van der Waals surface area (Å²) in [5.41, 5.74) is 0. The van der Waals surface area contributed by atoms with Gasteiger partial charge in [0.25, 0.3) is 5.95 Å². The molecule has 0 amide bonds. The van der Waals surface area contributed by atoms with Crippen LogP contribution in [0.5, 0.6) is 11.7 Å². The molecule has 1 heterocycles. The molecule has 0 bridgehead atoms. The average Bonchev–Trinajstić information content (AvgIpc) is 2.77. The first kappa shape index (κ1) is 11.3. The van der Waals surface area contributed by atoms with Gasteiger partial charge in [-0.15, -0.1) is 0 Å². The van der Waals surface area contributed by atoms with Gasteiger partial charge in [0.15, 0.2) is 5.76 Å². The number of rotatable bonds is 2. The molecule has 1 aromatic heterocycles. The van der Waals surface area contributed by atoms with Crippen LogP contribution in [0.25, 0.3) is 0 Å². The van der Waals surface area contributed by atoms with Crippen LogP contribution in [0.4, 0.5) is 4.39 Å². The Morgan fingerprint density at radius 1 is 1.18 bits per heavy atom. The Morgan fingerprint density at radius 3 is 2.65 bits per heavy atom. The largest absolute Gasteiger partial charge is 0.426 e. The SMILES string of the molecule is CCC#Cc1ccc(Oc2ccc(F)cc2)o1. The zero-order valence-electron chi connectivity index (χ0n) is 9.37. The van der Waals surface area contributed by atoms with E-state index in [2.05, 4.69) is 11.8 Å². The predicted octanol–water partition coefficient (Wildman–Crippen LogP) is 3.97. The van der Waals surface area contributed by atoms with E-state index in [4.69, 9.17) is 9.15 Å². The summed E-state index contributed by atoms with van der Waals surface area (Å²) in [6, 6.07) is 9.15. The third-order valence-corrected chi connectivity index (χ3v) is 2.00. The van der Waals surface area contributed by atoms with Crippen molar-refractivity contribution >= 4 is 0 Å². The molecule has 0 fully saturated rings. The molecule has 86 valence electrons. The second kappa shape index (κ2) is 5.22. The molecule has 0 spiro atoms. The molecule has 0 aliphatic carbocycles. The fraction of sp³-hybridized carbons (Fsp3) is 0.143. The summed E-state index contributed by atoms with van der Waals surface area (Å²) >= 11 is 0. The minimum atomic E-state index is -0.300. The molecule has 0 aliphatic heterocycles. The van der Waals surface area contributed by atoms with Crippen LogP contribution in [0.15, 0.2) is 40.8 Å². The van der Waals surface area contributed by atoms with Gasteiger partial charge in [-0.1, -0.05) is 12.8 Å². The number of benzene rings is 1. The van der Waals surface area contributed by atoms with Crippen molar-refractivity contribution < 1.29 is 13.5 Å². The quantitative estimate of drug-likeness (QED) is 0.728. The Bertz CT molecular complexity index is 544. The molecular weight excluding hydrogens is 219 g/mol. The highest BCUT2D eigenvalue weighted by Gasteiger charge is 2.02. The van der Waals surface area contributed by atoms with Crippen molar-refractivity contribution in [3.8, 4) is 23.5 Å².